The van der Waals surface area contributed by atoms with Crippen molar-refractivity contribution in [1.29, 1.82) is 0 Å². The summed E-state index contributed by atoms with van der Waals surface area (Å²) in [6.45, 7) is 4.87. The Morgan fingerprint density at radius 3 is 2.43 bits per heavy atom. The second-order valence-corrected chi connectivity index (χ2v) is 7.69. The maximum atomic E-state index is 14.0. The molecular formula is C18H20F4N2O3S. The molecule has 0 aliphatic rings. The molecule has 0 aliphatic heterocycles. The van der Waals surface area contributed by atoms with Gasteiger partial charge in [0, 0.05) is 6.08 Å². The van der Waals surface area contributed by atoms with E-state index in [1.54, 1.807) is 6.92 Å². The van der Waals surface area contributed by atoms with Gasteiger partial charge in [-0.25, -0.2) is 12.8 Å². The summed E-state index contributed by atoms with van der Waals surface area (Å²) in [5, 5.41) is 2.49. The van der Waals surface area contributed by atoms with Crippen LogP contribution in [0.5, 0.6) is 0 Å². The lowest BCUT2D eigenvalue weighted by Gasteiger charge is -2.14. The maximum Gasteiger partial charge on any atom is 0.393 e. The van der Waals surface area contributed by atoms with E-state index in [2.05, 4.69) is 11.9 Å². The van der Waals surface area contributed by atoms with Crippen LogP contribution in [0.3, 0.4) is 0 Å². The number of halogens is 4. The molecule has 0 aromatic heterocycles. The first-order valence-electron chi connectivity index (χ1n) is 7.95. The van der Waals surface area contributed by atoms with Gasteiger partial charge in [0.2, 0.25) is 15.9 Å². The number of rotatable bonds is 8. The summed E-state index contributed by atoms with van der Waals surface area (Å²) >= 11 is 0. The van der Waals surface area contributed by atoms with Crippen molar-refractivity contribution in [2.45, 2.75) is 25.6 Å². The van der Waals surface area contributed by atoms with Gasteiger partial charge in [0.05, 0.1) is 24.4 Å². The molecule has 0 unspecified atom stereocenters. The topological polar surface area (TPSA) is 75.3 Å². The molecule has 0 heterocycles. The van der Waals surface area contributed by atoms with Crippen LogP contribution in [0.4, 0.5) is 23.2 Å². The first-order chi connectivity index (χ1) is 12.8. The van der Waals surface area contributed by atoms with Crippen LogP contribution in [-0.4, -0.2) is 26.8 Å². The maximum absolute atomic E-state index is 14.0. The van der Waals surface area contributed by atoms with Gasteiger partial charge in [0.1, 0.15) is 5.82 Å². The van der Waals surface area contributed by atoms with Crippen molar-refractivity contribution in [3.8, 4) is 0 Å². The zero-order valence-electron chi connectivity index (χ0n) is 15.2. The number of anilines is 1. The standard InChI is InChI=1S/C18H20F4N2O3S/c1-4-5-13(11-18(20,21)22)6-9-17(25)23-12(2)14-7-8-16(15(19)10-14)24-28(3,26)27/h4-10,12,24H,1,11H2,2-3H3,(H,23,25)/b9-6+,13-5-/t12-/m1/s1. The van der Waals surface area contributed by atoms with Crippen molar-refractivity contribution in [2.75, 3.05) is 11.0 Å². The summed E-state index contributed by atoms with van der Waals surface area (Å²) in [4.78, 5) is 11.9. The third-order valence-electron chi connectivity index (χ3n) is 3.33. The molecule has 0 radical (unpaired) electrons. The molecule has 0 spiro atoms. The van der Waals surface area contributed by atoms with E-state index in [1.165, 1.54) is 18.2 Å². The Hall–Kier alpha value is -2.62. The van der Waals surface area contributed by atoms with Crippen molar-refractivity contribution in [3.05, 3.63) is 66.0 Å². The van der Waals surface area contributed by atoms with E-state index >= 15 is 0 Å². The molecule has 1 atom stereocenters. The zero-order valence-corrected chi connectivity index (χ0v) is 16.0. The molecule has 5 nitrogen and oxygen atoms in total. The Bertz CT molecular complexity index is 891. The van der Waals surface area contributed by atoms with Crippen LogP contribution in [0, 0.1) is 5.82 Å². The molecule has 1 aromatic rings. The lowest BCUT2D eigenvalue weighted by Crippen LogP contribution is -2.25. The minimum Gasteiger partial charge on any atom is -0.346 e. The number of hydrogen-bond acceptors (Lipinski definition) is 3. The van der Waals surface area contributed by atoms with Crippen molar-refractivity contribution in [2.24, 2.45) is 0 Å². The minimum atomic E-state index is -4.43. The normalized spacial score (nSPS) is 14.0. The number of nitrogens with one attached hydrogen (secondary N) is 2. The summed E-state index contributed by atoms with van der Waals surface area (Å²) in [5.74, 6) is -1.51. The second kappa shape index (κ2) is 9.54. The largest absolute Gasteiger partial charge is 0.393 e. The number of carbonyl (C=O) groups is 1. The van der Waals surface area contributed by atoms with E-state index in [0.29, 0.717) is 5.56 Å². The average molecular weight is 420 g/mol. The molecule has 28 heavy (non-hydrogen) atoms. The van der Waals surface area contributed by atoms with Crippen molar-refractivity contribution < 1.29 is 30.8 Å². The SMILES string of the molecule is C=C/C=C(/C=C/C(=O)N[C@H](C)c1ccc(NS(C)(=O)=O)c(F)c1)CC(F)(F)F. The Morgan fingerprint density at radius 2 is 1.93 bits per heavy atom. The summed E-state index contributed by atoms with van der Waals surface area (Å²) in [6.07, 6.45) is -0.473. The number of sulfonamides is 1. The molecular weight excluding hydrogens is 400 g/mol. The molecule has 10 heteroatoms. The van der Waals surface area contributed by atoms with E-state index in [9.17, 15) is 30.8 Å². The molecule has 154 valence electrons. The minimum absolute atomic E-state index is 0.146. The van der Waals surface area contributed by atoms with E-state index in [-0.39, 0.29) is 11.3 Å². The fourth-order valence-electron chi connectivity index (χ4n) is 2.17. The van der Waals surface area contributed by atoms with Gasteiger partial charge in [-0.3, -0.25) is 9.52 Å². The van der Waals surface area contributed by atoms with Crippen LogP contribution in [0.25, 0.3) is 0 Å². The second-order valence-electron chi connectivity index (χ2n) is 5.95. The highest BCUT2D eigenvalue weighted by molar-refractivity contribution is 7.92. The van der Waals surface area contributed by atoms with Crippen molar-refractivity contribution in [1.82, 2.24) is 5.32 Å². The van der Waals surface area contributed by atoms with E-state index in [1.807, 2.05) is 4.72 Å². The van der Waals surface area contributed by atoms with Gasteiger partial charge in [0.25, 0.3) is 0 Å². The number of allylic oxidation sites excluding steroid dienone is 4. The summed E-state index contributed by atoms with van der Waals surface area (Å²) < 4.78 is 75.7. The lowest BCUT2D eigenvalue weighted by atomic mass is 10.1. The Labute approximate surface area is 160 Å². The zero-order chi connectivity index (χ0) is 21.5. The Morgan fingerprint density at radius 1 is 1.29 bits per heavy atom. The monoisotopic (exact) mass is 420 g/mol. The third kappa shape index (κ3) is 8.85. The predicted octanol–water partition coefficient (Wildman–Crippen LogP) is 4.00. The van der Waals surface area contributed by atoms with E-state index in [0.717, 1.165) is 30.6 Å². The molecule has 0 saturated heterocycles. The average Bonchev–Trinajstić information content (AvgIpc) is 2.52. The molecule has 0 bridgehead atoms. The van der Waals surface area contributed by atoms with Gasteiger partial charge >= 0.3 is 6.18 Å². The van der Waals surface area contributed by atoms with Crippen LogP contribution >= 0.6 is 0 Å². The Kier molecular flexibility index (Phi) is 7.98. The van der Waals surface area contributed by atoms with Gasteiger partial charge in [-0.1, -0.05) is 30.9 Å². The summed E-state index contributed by atoms with van der Waals surface area (Å²) in [7, 11) is -3.65. The Balaban J connectivity index is 2.82. The fourth-order valence-corrected chi connectivity index (χ4v) is 2.73. The van der Waals surface area contributed by atoms with Crippen LogP contribution in [0.2, 0.25) is 0 Å². The number of hydrogen-bond donors (Lipinski definition) is 2. The molecule has 0 fully saturated rings. The predicted molar refractivity (Wildman–Crippen MR) is 99.5 cm³/mol. The third-order valence-corrected chi connectivity index (χ3v) is 3.92. The highest BCUT2D eigenvalue weighted by Gasteiger charge is 2.27. The van der Waals surface area contributed by atoms with Crippen molar-refractivity contribution in [3.63, 3.8) is 0 Å². The first kappa shape index (κ1) is 23.4. The highest BCUT2D eigenvalue weighted by Crippen LogP contribution is 2.25. The van der Waals surface area contributed by atoms with Crippen LogP contribution in [0.1, 0.15) is 24.9 Å². The van der Waals surface area contributed by atoms with E-state index in [4.69, 9.17) is 0 Å². The smallest absolute Gasteiger partial charge is 0.346 e. The summed E-state index contributed by atoms with van der Waals surface area (Å²) in [6, 6.07) is 3.00. The number of benzene rings is 1. The van der Waals surface area contributed by atoms with Crippen LogP contribution in [0.15, 0.2) is 54.7 Å². The molecule has 0 aliphatic carbocycles. The quantitative estimate of drug-likeness (QED) is 0.379. The van der Waals surface area contributed by atoms with Gasteiger partial charge in [0.15, 0.2) is 0 Å². The number of alkyl halides is 3. The fraction of sp³-hybridized carbons (Fsp3) is 0.278. The molecule has 1 aromatic carbocycles. The van der Waals surface area contributed by atoms with Gasteiger partial charge in [-0.05, 0) is 30.2 Å². The summed E-state index contributed by atoms with van der Waals surface area (Å²) in [5.41, 5.74) is -0.0426. The lowest BCUT2D eigenvalue weighted by molar-refractivity contribution is -0.126. The molecule has 1 amide bonds. The van der Waals surface area contributed by atoms with Crippen molar-refractivity contribution >= 4 is 21.6 Å². The first-order valence-corrected chi connectivity index (χ1v) is 9.84. The van der Waals surface area contributed by atoms with E-state index < -0.39 is 40.4 Å². The van der Waals surface area contributed by atoms with Gasteiger partial charge in [-0.2, -0.15) is 13.2 Å². The van der Waals surface area contributed by atoms with Crippen LogP contribution in [-0.2, 0) is 14.8 Å². The molecule has 2 N–H and O–H groups in total. The van der Waals surface area contributed by atoms with Gasteiger partial charge < -0.3 is 5.32 Å². The highest BCUT2D eigenvalue weighted by atomic mass is 32.2. The number of carbonyl (C=O) groups excluding carboxylic acids is 1. The molecule has 1 rings (SSSR count). The number of amides is 1. The van der Waals surface area contributed by atoms with Crippen LogP contribution < -0.4 is 10.0 Å². The molecule has 0 saturated carbocycles. The van der Waals surface area contributed by atoms with Gasteiger partial charge in [-0.15, -0.1) is 0 Å².